The zero-order valence-electron chi connectivity index (χ0n) is 11.7. The number of benzene rings is 1. The van der Waals surface area contributed by atoms with Gasteiger partial charge in [0.15, 0.2) is 0 Å². The Kier molecular flexibility index (Phi) is 5.31. The second-order valence-electron chi connectivity index (χ2n) is 5.36. The molecule has 3 nitrogen and oxygen atoms in total. The predicted octanol–water partition coefficient (Wildman–Crippen LogP) is 2.02. The first-order valence-electron chi connectivity index (χ1n) is 6.91. The molecule has 0 aromatic heterocycles. The number of halogens is 1. The minimum absolute atomic E-state index is 0.166. The molecule has 1 aliphatic rings. The van der Waals surface area contributed by atoms with Crippen LogP contribution in [0.5, 0.6) is 0 Å². The molecule has 1 aromatic carbocycles. The van der Waals surface area contributed by atoms with Crippen LogP contribution in [0, 0.1) is 5.82 Å². The van der Waals surface area contributed by atoms with Crippen molar-refractivity contribution in [3.05, 3.63) is 35.6 Å². The molecule has 1 fully saturated rings. The summed E-state index contributed by atoms with van der Waals surface area (Å²) in [5.41, 5.74) is 1.02. The number of nitrogens with zero attached hydrogens (tertiary/aromatic N) is 1. The van der Waals surface area contributed by atoms with Crippen molar-refractivity contribution in [2.24, 2.45) is 0 Å². The molecular weight excluding hydrogens is 243 g/mol. The third-order valence-corrected chi connectivity index (χ3v) is 3.70. The van der Waals surface area contributed by atoms with Gasteiger partial charge in [-0.15, -0.1) is 0 Å². The van der Waals surface area contributed by atoms with Crippen LogP contribution in [0.15, 0.2) is 24.3 Å². The maximum Gasteiger partial charge on any atom is 0.123 e. The third-order valence-electron chi connectivity index (χ3n) is 3.70. The summed E-state index contributed by atoms with van der Waals surface area (Å²) in [6.45, 7) is 5.51. The van der Waals surface area contributed by atoms with Gasteiger partial charge in [-0.25, -0.2) is 4.39 Å². The largest absolute Gasteiger partial charge is 0.379 e. The molecule has 0 aliphatic carbocycles. The average Bonchev–Trinajstić information content (AvgIpc) is 2.40. The summed E-state index contributed by atoms with van der Waals surface area (Å²) in [5.74, 6) is -0.166. The van der Waals surface area contributed by atoms with Crippen molar-refractivity contribution in [3.63, 3.8) is 0 Å². The first-order chi connectivity index (χ1) is 9.15. The molecule has 1 heterocycles. The van der Waals surface area contributed by atoms with Crippen LogP contribution in [0.3, 0.4) is 0 Å². The van der Waals surface area contributed by atoms with Gasteiger partial charge < -0.3 is 10.1 Å². The zero-order valence-corrected chi connectivity index (χ0v) is 11.7. The Bertz CT molecular complexity index is 393. The van der Waals surface area contributed by atoms with Crippen molar-refractivity contribution in [2.75, 3.05) is 26.8 Å². The zero-order chi connectivity index (χ0) is 13.7. The molecule has 2 rings (SSSR count). The molecule has 0 saturated carbocycles. The molecular formula is C15H23FN2O. The minimum atomic E-state index is -0.166. The molecule has 0 spiro atoms. The van der Waals surface area contributed by atoms with Gasteiger partial charge in [-0.1, -0.05) is 12.1 Å². The van der Waals surface area contributed by atoms with E-state index in [4.69, 9.17) is 4.74 Å². The summed E-state index contributed by atoms with van der Waals surface area (Å²) < 4.78 is 18.6. The second-order valence-corrected chi connectivity index (χ2v) is 5.36. The van der Waals surface area contributed by atoms with Gasteiger partial charge >= 0.3 is 0 Å². The van der Waals surface area contributed by atoms with Crippen molar-refractivity contribution in [1.29, 1.82) is 0 Å². The van der Waals surface area contributed by atoms with Crippen LogP contribution in [0.2, 0.25) is 0 Å². The summed E-state index contributed by atoms with van der Waals surface area (Å²) in [4.78, 5) is 2.26. The Balaban J connectivity index is 1.82. The van der Waals surface area contributed by atoms with Crippen molar-refractivity contribution in [1.82, 2.24) is 10.2 Å². The highest BCUT2D eigenvalue weighted by atomic mass is 19.1. The number of morpholine rings is 1. The lowest BCUT2D eigenvalue weighted by Gasteiger charge is -2.31. The van der Waals surface area contributed by atoms with Crippen LogP contribution < -0.4 is 5.32 Å². The molecule has 2 atom stereocenters. The number of hydrogen-bond acceptors (Lipinski definition) is 3. The summed E-state index contributed by atoms with van der Waals surface area (Å²) >= 11 is 0. The van der Waals surface area contributed by atoms with E-state index in [1.807, 2.05) is 6.07 Å². The summed E-state index contributed by atoms with van der Waals surface area (Å²) in [7, 11) is 2.08. The predicted molar refractivity (Wildman–Crippen MR) is 74.6 cm³/mol. The van der Waals surface area contributed by atoms with E-state index in [1.165, 1.54) is 6.07 Å². The number of rotatable bonds is 5. The van der Waals surface area contributed by atoms with Gasteiger partial charge in [-0.05, 0) is 38.1 Å². The van der Waals surface area contributed by atoms with Crippen LogP contribution in [0.1, 0.15) is 18.9 Å². The van der Waals surface area contributed by atoms with Gasteiger partial charge in [0.2, 0.25) is 0 Å². The van der Waals surface area contributed by atoms with E-state index in [2.05, 4.69) is 24.2 Å². The Hall–Kier alpha value is -0.970. The fourth-order valence-electron chi connectivity index (χ4n) is 2.44. The standard InChI is InChI=1S/C15H23FN2O/c1-12(8-15-11-19-7-6-17-15)18(2)10-13-4-3-5-14(16)9-13/h3-5,9,12,15,17H,6-8,10-11H2,1-2H3. The van der Waals surface area contributed by atoms with E-state index >= 15 is 0 Å². The molecule has 1 N–H and O–H groups in total. The highest BCUT2D eigenvalue weighted by molar-refractivity contribution is 5.16. The molecule has 4 heteroatoms. The SMILES string of the molecule is CC(CC1COCCN1)N(C)Cc1cccc(F)c1. The number of ether oxygens (including phenoxy) is 1. The van der Waals surface area contributed by atoms with Gasteiger partial charge in [0.1, 0.15) is 5.82 Å². The van der Waals surface area contributed by atoms with E-state index in [9.17, 15) is 4.39 Å². The average molecular weight is 266 g/mol. The van der Waals surface area contributed by atoms with E-state index in [-0.39, 0.29) is 5.82 Å². The van der Waals surface area contributed by atoms with Crippen LogP contribution in [-0.2, 0) is 11.3 Å². The summed E-state index contributed by atoms with van der Waals surface area (Å²) in [5, 5.41) is 3.47. The lowest BCUT2D eigenvalue weighted by Crippen LogP contribution is -2.45. The van der Waals surface area contributed by atoms with Gasteiger partial charge in [0, 0.05) is 25.2 Å². The molecule has 1 aliphatic heterocycles. The molecule has 0 bridgehead atoms. The molecule has 19 heavy (non-hydrogen) atoms. The van der Waals surface area contributed by atoms with E-state index in [0.29, 0.717) is 12.1 Å². The van der Waals surface area contributed by atoms with E-state index in [1.54, 1.807) is 12.1 Å². The molecule has 2 unspecified atom stereocenters. The molecule has 1 aromatic rings. The molecule has 1 saturated heterocycles. The fraction of sp³-hybridized carbons (Fsp3) is 0.600. The van der Waals surface area contributed by atoms with Crippen molar-refractivity contribution >= 4 is 0 Å². The van der Waals surface area contributed by atoms with E-state index < -0.39 is 0 Å². The highest BCUT2D eigenvalue weighted by Crippen LogP contribution is 2.12. The lowest BCUT2D eigenvalue weighted by atomic mass is 10.1. The molecule has 106 valence electrons. The first kappa shape index (κ1) is 14.4. The normalized spacial score (nSPS) is 21.6. The maximum atomic E-state index is 13.1. The monoisotopic (exact) mass is 266 g/mol. The van der Waals surface area contributed by atoms with Gasteiger partial charge in [0.25, 0.3) is 0 Å². The van der Waals surface area contributed by atoms with Gasteiger partial charge in [-0.3, -0.25) is 4.90 Å². The number of nitrogens with one attached hydrogen (secondary N) is 1. The lowest BCUT2D eigenvalue weighted by molar-refractivity contribution is 0.0638. The van der Waals surface area contributed by atoms with E-state index in [0.717, 1.165) is 38.3 Å². The minimum Gasteiger partial charge on any atom is -0.379 e. The maximum absolute atomic E-state index is 13.1. The second kappa shape index (κ2) is 6.98. The van der Waals surface area contributed by atoms with Crippen molar-refractivity contribution < 1.29 is 9.13 Å². The Labute approximate surface area is 114 Å². The van der Waals surface area contributed by atoms with Crippen LogP contribution in [-0.4, -0.2) is 43.8 Å². The van der Waals surface area contributed by atoms with Crippen molar-refractivity contribution in [2.45, 2.75) is 32.0 Å². The quantitative estimate of drug-likeness (QED) is 0.882. The van der Waals surface area contributed by atoms with Crippen molar-refractivity contribution in [3.8, 4) is 0 Å². The summed E-state index contributed by atoms with van der Waals surface area (Å²) in [6, 6.07) is 7.68. The molecule has 0 radical (unpaired) electrons. The topological polar surface area (TPSA) is 24.5 Å². The Morgan fingerprint density at radius 3 is 3.05 bits per heavy atom. The fourth-order valence-corrected chi connectivity index (χ4v) is 2.44. The third kappa shape index (κ3) is 4.56. The highest BCUT2D eigenvalue weighted by Gasteiger charge is 2.18. The van der Waals surface area contributed by atoms with Crippen LogP contribution >= 0.6 is 0 Å². The molecule has 0 amide bonds. The van der Waals surface area contributed by atoms with Crippen LogP contribution in [0.25, 0.3) is 0 Å². The van der Waals surface area contributed by atoms with Gasteiger partial charge in [-0.2, -0.15) is 0 Å². The Morgan fingerprint density at radius 2 is 2.37 bits per heavy atom. The first-order valence-corrected chi connectivity index (χ1v) is 6.91. The number of hydrogen-bond donors (Lipinski definition) is 1. The smallest absolute Gasteiger partial charge is 0.123 e. The Morgan fingerprint density at radius 1 is 1.53 bits per heavy atom. The van der Waals surface area contributed by atoms with Crippen LogP contribution in [0.4, 0.5) is 4.39 Å². The summed E-state index contributed by atoms with van der Waals surface area (Å²) in [6.07, 6.45) is 1.05. The van der Waals surface area contributed by atoms with Gasteiger partial charge in [0.05, 0.1) is 13.2 Å².